The zero-order valence-electron chi connectivity index (χ0n) is 13.6. The first kappa shape index (κ1) is 16.0. The third kappa shape index (κ3) is 4.30. The largest absolute Gasteiger partial charge is 0.478 e. The second kappa shape index (κ2) is 8.17. The van der Waals surface area contributed by atoms with E-state index >= 15 is 0 Å². The molecule has 5 heteroatoms. The summed E-state index contributed by atoms with van der Waals surface area (Å²) in [5.41, 5.74) is 1.05. The SMILES string of the molecule is CCCN(CC1CCCCN1)c1ncnc(OCC)c1C. The van der Waals surface area contributed by atoms with Gasteiger partial charge in [0.1, 0.15) is 12.1 Å². The Morgan fingerprint density at radius 1 is 1.33 bits per heavy atom. The summed E-state index contributed by atoms with van der Waals surface area (Å²) in [6.45, 7) is 10.0. The topological polar surface area (TPSA) is 50.3 Å². The molecule has 0 aliphatic carbocycles. The molecule has 21 heavy (non-hydrogen) atoms. The van der Waals surface area contributed by atoms with Gasteiger partial charge in [0.15, 0.2) is 0 Å². The highest BCUT2D eigenvalue weighted by molar-refractivity contribution is 5.50. The summed E-state index contributed by atoms with van der Waals surface area (Å²) < 4.78 is 5.60. The van der Waals surface area contributed by atoms with Crippen molar-refractivity contribution in [2.75, 3.05) is 31.1 Å². The van der Waals surface area contributed by atoms with E-state index in [0.29, 0.717) is 18.5 Å². The Morgan fingerprint density at radius 3 is 2.86 bits per heavy atom. The number of hydrogen-bond acceptors (Lipinski definition) is 5. The lowest BCUT2D eigenvalue weighted by molar-refractivity contribution is 0.323. The van der Waals surface area contributed by atoms with Crippen LogP contribution in [0.15, 0.2) is 6.33 Å². The molecule has 0 spiro atoms. The van der Waals surface area contributed by atoms with Gasteiger partial charge in [0, 0.05) is 19.1 Å². The maximum absolute atomic E-state index is 5.60. The highest BCUT2D eigenvalue weighted by Gasteiger charge is 2.20. The Labute approximate surface area is 128 Å². The van der Waals surface area contributed by atoms with Gasteiger partial charge in [-0.25, -0.2) is 9.97 Å². The summed E-state index contributed by atoms with van der Waals surface area (Å²) in [5.74, 6) is 1.72. The molecule has 2 rings (SSSR count). The van der Waals surface area contributed by atoms with E-state index in [1.54, 1.807) is 6.33 Å². The molecule has 5 nitrogen and oxygen atoms in total. The average molecular weight is 292 g/mol. The third-order valence-corrected chi connectivity index (χ3v) is 3.94. The number of nitrogens with zero attached hydrogens (tertiary/aromatic N) is 3. The second-order valence-corrected chi connectivity index (χ2v) is 5.65. The minimum atomic E-state index is 0.565. The first-order valence-corrected chi connectivity index (χ1v) is 8.19. The van der Waals surface area contributed by atoms with Crippen LogP contribution in [0.5, 0.6) is 5.88 Å². The summed E-state index contributed by atoms with van der Waals surface area (Å²) in [4.78, 5) is 11.1. The Balaban J connectivity index is 2.14. The maximum atomic E-state index is 5.60. The lowest BCUT2D eigenvalue weighted by atomic mass is 10.0. The lowest BCUT2D eigenvalue weighted by Gasteiger charge is -2.32. The van der Waals surface area contributed by atoms with E-state index in [9.17, 15) is 0 Å². The highest BCUT2D eigenvalue weighted by Crippen LogP contribution is 2.25. The molecule has 1 atom stereocenters. The van der Waals surface area contributed by atoms with E-state index in [1.807, 2.05) is 6.92 Å². The smallest absolute Gasteiger partial charge is 0.221 e. The van der Waals surface area contributed by atoms with Crippen LogP contribution >= 0.6 is 0 Å². The Bertz CT molecular complexity index is 432. The van der Waals surface area contributed by atoms with Gasteiger partial charge in [0.2, 0.25) is 5.88 Å². The van der Waals surface area contributed by atoms with Gasteiger partial charge in [-0.15, -0.1) is 0 Å². The first-order chi connectivity index (χ1) is 10.3. The molecule has 1 aliphatic heterocycles. The van der Waals surface area contributed by atoms with Crippen LogP contribution < -0.4 is 15.0 Å². The Morgan fingerprint density at radius 2 is 2.19 bits per heavy atom. The number of nitrogens with one attached hydrogen (secondary N) is 1. The third-order valence-electron chi connectivity index (χ3n) is 3.94. The van der Waals surface area contributed by atoms with Crippen LogP contribution in [0, 0.1) is 6.92 Å². The monoisotopic (exact) mass is 292 g/mol. The fourth-order valence-corrected chi connectivity index (χ4v) is 2.93. The molecular weight excluding hydrogens is 264 g/mol. The maximum Gasteiger partial charge on any atom is 0.221 e. The molecule has 0 amide bonds. The van der Waals surface area contributed by atoms with Crippen LogP contribution in [0.3, 0.4) is 0 Å². The van der Waals surface area contributed by atoms with Crippen LogP contribution in [-0.2, 0) is 0 Å². The van der Waals surface area contributed by atoms with Gasteiger partial charge >= 0.3 is 0 Å². The van der Waals surface area contributed by atoms with Crippen molar-refractivity contribution in [1.82, 2.24) is 15.3 Å². The molecule has 118 valence electrons. The van der Waals surface area contributed by atoms with Crippen molar-refractivity contribution in [1.29, 1.82) is 0 Å². The summed E-state index contributed by atoms with van der Waals surface area (Å²) >= 11 is 0. The average Bonchev–Trinajstić information content (AvgIpc) is 2.50. The van der Waals surface area contributed by atoms with E-state index < -0.39 is 0 Å². The Hall–Kier alpha value is -1.36. The molecular formula is C16H28N4O. The fourth-order valence-electron chi connectivity index (χ4n) is 2.93. The molecule has 0 aromatic carbocycles. The minimum absolute atomic E-state index is 0.565. The highest BCUT2D eigenvalue weighted by atomic mass is 16.5. The molecule has 0 radical (unpaired) electrons. The molecule has 1 unspecified atom stereocenters. The van der Waals surface area contributed by atoms with Gasteiger partial charge in [-0.05, 0) is 39.7 Å². The number of anilines is 1. The van der Waals surface area contributed by atoms with Crippen LogP contribution in [0.4, 0.5) is 5.82 Å². The molecule has 1 aliphatic rings. The second-order valence-electron chi connectivity index (χ2n) is 5.65. The van der Waals surface area contributed by atoms with Gasteiger partial charge in [-0.2, -0.15) is 0 Å². The molecule has 0 saturated carbocycles. The number of ether oxygens (including phenoxy) is 1. The van der Waals surface area contributed by atoms with E-state index in [2.05, 4.69) is 34.0 Å². The van der Waals surface area contributed by atoms with Gasteiger partial charge in [-0.1, -0.05) is 13.3 Å². The van der Waals surface area contributed by atoms with Gasteiger partial charge in [0.05, 0.1) is 12.2 Å². The Kier molecular flexibility index (Phi) is 6.23. The standard InChI is InChI=1S/C16H28N4O/c1-4-10-20(11-14-8-6-7-9-17-14)15-13(3)16(21-5-2)19-12-18-15/h12,14,17H,4-11H2,1-3H3. The summed E-state index contributed by atoms with van der Waals surface area (Å²) in [5, 5.41) is 3.62. The van der Waals surface area contributed by atoms with E-state index in [4.69, 9.17) is 4.74 Å². The van der Waals surface area contributed by atoms with Crippen molar-refractivity contribution in [2.45, 2.75) is 52.5 Å². The molecule has 0 bridgehead atoms. The molecule has 1 N–H and O–H groups in total. The van der Waals surface area contributed by atoms with Crippen molar-refractivity contribution in [2.24, 2.45) is 0 Å². The number of rotatable bonds is 7. The van der Waals surface area contributed by atoms with Crippen molar-refractivity contribution in [3.8, 4) is 5.88 Å². The van der Waals surface area contributed by atoms with Gasteiger partial charge in [0.25, 0.3) is 0 Å². The quantitative estimate of drug-likeness (QED) is 0.837. The molecule has 1 fully saturated rings. The number of hydrogen-bond donors (Lipinski definition) is 1. The fraction of sp³-hybridized carbons (Fsp3) is 0.750. The predicted octanol–water partition coefficient (Wildman–Crippen LogP) is 2.54. The van der Waals surface area contributed by atoms with Gasteiger partial charge < -0.3 is 15.0 Å². The normalized spacial score (nSPS) is 18.5. The molecule has 1 saturated heterocycles. The van der Waals surface area contributed by atoms with Crippen molar-refractivity contribution in [3.63, 3.8) is 0 Å². The van der Waals surface area contributed by atoms with Crippen molar-refractivity contribution < 1.29 is 4.74 Å². The summed E-state index contributed by atoms with van der Waals surface area (Å²) in [7, 11) is 0. The van der Waals surface area contributed by atoms with Crippen LogP contribution in [0.2, 0.25) is 0 Å². The van der Waals surface area contributed by atoms with Crippen molar-refractivity contribution in [3.05, 3.63) is 11.9 Å². The lowest BCUT2D eigenvalue weighted by Crippen LogP contribution is -2.44. The van der Waals surface area contributed by atoms with Crippen LogP contribution in [0.1, 0.15) is 45.1 Å². The van der Waals surface area contributed by atoms with Crippen LogP contribution in [0.25, 0.3) is 0 Å². The predicted molar refractivity (Wildman–Crippen MR) is 86.1 cm³/mol. The number of piperidine rings is 1. The van der Waals surface area contributed by atoms with E-state index in [1.165, 1.54) is 19.3 Å². The summed E-state index contributed by atoms with van der Waals surface area (Å²) in [6, 6.07) is 0.565. The minimum Gasteiger partial charge on any atom is -0.478 e. The van der Waals surface area contributed by atoms with E-state index in [0.717, 1.165) is 37.4 Å². The van der Waals surface area contributed by atoms with Crippen molar-refractivity contribution >= 4 is 5.82 Å². The van der Waals surface area contributed by atoms with E-state index in [-0.39, 0.29) is 0 Å². The zero-order valence-corrected chi connectivity index (χ0v) is 13.6. The number of aromatic nitrogens is 2. The van der Waals surface area contributed by atoms with Crippen LogP contribution in [-0.4, -0.2) is 42.3 Å². The first-order valence-electron chi connectivity index (χ1n) is 8.19. The molecule has 1 aromatic rings. The zero-order chi connectivity index (χ0) is 15.1. The summed E-state index contributed by atoms with van der Waals surface area (Å²) in [6.07, 6.45) is 6.60. The molecule has 1 aromatic heterocycles. The van der Waals surface area contributed by atoms with Gasteiger partial charge in [-0.3, -0.25) is 0 Å². The molecule has 2 heterocycles.